The average molecular weight is 276 g/mol. The summed E-state index contributed by atoms with van der Waals surface area (Å²) in [5.41, 5.74) is 0. The van der Waals surface area contributed by atoms with Gasteiger partial charge in [0.25, 0.3) is 0 Å². The molecule has 0 amide bonds. The zero-order chi connectivity index (χ0) is 13.9. The van der Waals surface area contributed by atoms with E-state index in [1.807, 2.05) is 0 Å². The molecule has 114 valence electrons. The van der Waals surface area contributed by atoms with Crippen molar-refractivity contribution >= 4 is 5.78 Å². The fourth-order valence-electron chi connectivity index (χ4n) is 5.70. The molecule has 0 N–H and O–H groups in total. The molecular weight excluding hydrogens is 244 g/mol. The molecule has 0 aromatic heterocycles. The van der Waals surface area contributed by atoms with Crippen LogP contribution >= 0.6 is 0 Å². The van der Waals surface area contributed by atoms with Gasteiger partial charge < -0.3 is 0 Å². The molecule has 4 aliphatic carbocycles. The fraction of sp³-hybridized carbons (Fsp3) is 0.947. The number of carbonyl (C=O) groups is 1. The van der Waals surface area contributed by atoms with Gasteiger partial charge in [0.15, 0.2) is 0 Å². The molecule has 0 unspecified atom stereocenters. The Bertz CT molecular complexity index is 305. The number of rotatable bonds is 8. The van der Waals surface area contributed by atoms with Crippen LogP contribution < -0.4 is 0 Å². The fourth-order valence-corrected chi connectivity index (χ4v) is 5.70. The molecule has 20 heavy (non-hydrogen) atoms. The van der Waals surface area contributed by atoms with E-state index in [9.17, 15) is 4.79 Å². The summed E-state index contributed by atoms with van der Waals surface area (Å²) in [5, 5.41) is 0. The Morgan fingerprint density at radius 2 is 1.35 bits per heavy atom. The summed E-state index contributed by atoms with van der Waals surface area (Å²) < 4.78 is 0. The van der Waals surface area contributed by atoms with Crippen molar-refractivity contribution < 1.29 is 4.79 Å². The highest BCUT2D eigenvalue weighted by molar-refractivity contribution is 5.81. The standard InChI is InChI=1S/C19H32O/c1-2-3-4-5-6-7-8-18(20)19-16-10-14-9-15(12-16)13-17(19)11-14/h14-17,19H,2-13H2,1H3. The monoisotopic (exact) mass is 276 g/mol. The third-order valence-corrected chi connectivity index (χ3v) is 6.38. The van der Waals surface area contributed by atoms with E-state index in [2.05, 4.69) is 6.92 Å². The summed E-state index contributed by atoms with van der Waals surface area (Å²) in [7, 11) is 0. The van der Waals surface area contributed by atoms with Crippen LogP contribution in [0, 0.1) is 29.6 Å². The molecular formula is C19H32O. The van der Waals surface area contributed by atoms with E-state index in [1.165, 1.54) is 64.2 Å². The van der Waals surface area contributed by atoms with Gasteiger partial charge in [0.1, 0.15) is 5.78 Å². The summed E-state index contributed by atoms with van der Waals surface area (Å²) in [4.78, 5) is 12.6. The molecule has 4 fully saturated rings. The first-order valence-electron chi connectivity index (χ1n) is 9.30. The summed E-state index contributed by atoms with van der Waals surface area (Å²) in [6.45, 7) is 2.26. The van der Waals surface area contributed by atoms with Gasteiger partial charge in [-0.3, -0.25) is 4.79 Å². The average Bonchev–Trinajstić information content (AvgIpc) is 2.41. The molecule has 0 aromatic carbocycles. The second kappa shape index (κ2) is 6.62. The molecule has 0 saturated heterocycles. The lowest BCUT2D eigenvalue weighted by Gasteiger charge is -2.53. The summed E-state index contributed by atoms with van der Waals surface area (Å²) in [5.74, 6) is 4.71. The highest BCUT2D eigenvalue weighted by Crippen LogP contribution is 2.56. The summed E-state index contributed by atoms with van der Waals surface area (Å²) in [6.07, 6.45) is 15.7. The van der Waals surface area contributed by atoms with Gasteiger partial charge >= 0.3 is 0 Å². The molecule has 0 spiro atoms. The third-order valence-electron chi connectivity index (χ3n) is 6.38. The zero-order valence-corrected chi connectivity index (χ0v) is 13.3. The molecule has 1 nitrogen and oxygen atoms in total. The van der Waals surface area contributed by atoms with Crippen LogP contribution in [0.3, 0.4) is 0 Å². The predicted molar refractivity (Wildman–Crippen MR) is 83.5 cm³/mol. The Kier molecular flexibility index (Phi) is 4.83. The molecule has 0 aliphatic heterocycles. The minimum atomic E-state index is 0.485. The maximum atomic E-state index is 12.6. The van der Waals surface area contributed by atoms with Crippen LogP contribution in [0.15, 0.2) is 0 Å². The van der Waals surface area contributed by atoms with Crippen molar-refractivity contribution in [2.75, 3.05) is 0 Å². The number of hydrogen-bond donors (Lipinski definition) is 0. The lowest BCUT2D eigenvalue weighted by molar-refractivity contribution is -0.136. The number of ketones is 1. The molecule has 4 saturated carbocycles. The second-order valence-electron chi connectivity index (χ2n) is 7.94. The van der Waals surface area contributed by atoms with Crippen molar-refractivity contribution in [1.29, 1.82) is 0 Å². The van der Waals surface area contributed by atoms with E-state index in [0.717, 1.165) is 36.5 Å². The van der Waals surface area contributed by atoms with Crippen molar-refractivity contribution in [1.82, 2.24) is 0 Å². The van der Waals surface area contributed by atoms with E-state index in [1.54, 1.807) is 0 Å². The van der Waals surface area contributed by atoms with E-state index < -0.39 is 0 Å². The van der Waals surface area contributed by atoms with Gasteiger partial charge in [-0.05, 0) is 62.2 Å². The number of unbranched alkanes of at least 4 members (excludes halogenated alkanes) is 5. The molecule has 0 atom stereocenters. The maximum Gasteiger partial charge on any atom is 0.136 e. The first-order chi connectivity index (χ1) is 9.78. The Morgan fingerprint density at radius 3 is 1.95 bits per heavy atom. The quantitative estimate of drug-likeness (QED) is 0.544. The van der Waals surface area contributed by atoms with Crippen LogP contribution in [-0.4, -0.2) is 5.78 Å². The van der Waals surface area contributed by atoms with Crippen molar-refractivity contribution in [2.45, 2.75) is 84.0 Å². The van der Waals surface area contributed by atoms with Crippen LogP contribution in [0.4, 0.5) is 0 Å². The number of carbonyl (C=O) groups excluding carboxylic acids is 1. The van der Waals surface area contributed by atoms with Gasteiger partial charge in [-0.1, -0.05) is 39.0 Å². The molecule has 4 bridgehead atoms. The molecule has 4 rings (SSSR count). The van der Waals surface area contributed by atoms with E-state index in [-0.39, 0.29) is 0 Å². The van der Waals surface area contributed by atoms with Crippen LogP contribution in [0.25, 0.3) is 0 Å². The van der Waals surface area contributed by atoms with Crippen LogP contribution in [0.1, 0.15) is 84.0 Å². The van der Waals surface area contributed by atoms with Crippen molar-refractivity contribution in [3.05, 3.63) is 0 Å². The van der Waals surface area contributed by atoms with Crippen LogP contribution in [0.2, 0.25) is 0 Å². The second-order valence-corrected chi connectivity index (χ2v) is 7.94. The first kappa shape index (κ1) is 14.6. The predicted octanol–water partition coefficient (Wildman–Crippen LogP) is 5.38. The number of hydrogen-bond acceptors (Lipinski definition) is 1. The van der Waals surface area contributed by atoms with Gasteiger partial charge in [-0.2, -0.15) is 0 Å². The maximum absolute atomic E-state index is 12.6. The smallest absolute Gasteiger partial charge is 0.136 e. The van der Waals surface area contributed by atoms with E-state index >= 15 is 0 Å². The molecule has 0 radical (unpaired) electrons. The van der Waals surface area contributed by atoms with Crippen LogP contribution in [0.5, 0.6) is 0 Å². The highest BCUT2D eigenvalue weighted by Gasteiger charge is 2.50. The Morgan fingerprint density at radius 1 is 0.800 bits per heavy atom. The molecule has 0 aromatic rings. The third kappa shape index (κ3) is 3.12. The summed E-state index contributed by atoms with van der Waals surface area (Å²) in [6, 6.07) is 0. The molecule has 0 heterocycles. The highest BCUT2D eigenvalue weighted by atomic mass is 16.1. The lowest BCUT2D eigenvalue weighted by Crippen LogP contribution is -2.47. The Hall–Kier alpha value is -0.330. The molecule has 1 heteroatoms. The lowest BCUT2D eigenvalue weighted by atomic mass is 9.51. The van der Waals surface area contributed by atoms with Crippen LogP contribution in [-0.2, 0) is 4.79 Å². The minimum absolute atomic E-state index is 0.485. The number of Topliss-reactive ketones (excluding diaryl/α,β-unsaturated/α-hetero) is 1. The van der Waals surface area contributed by atoms with E-state index in [4.69, 9.17) is 0 Å². The van der Waals surface area contributed by atoms with Crippen molar-refractivity contribution in [3.63, 3.8) is 0 Å². The topological polar surface area (TPSA) is 17.1 Å². The minimum Gasteiger partial charge on any atom is -0.299 e. The van der Waals surface area contributed by atoms with Gasteiger partial charge in [0.05, 0.1) is 0 Å². The zero-order valence-electron chi connectivity index (χ0n) is 13.3. The summed E-state index contributed by atoms with van der Waals surface area (Å²) >= 11 is 0. The van der Waals surface area contributed by atoms with Crippen molar-refractivity contribution in [2.24, 2.45) is 29.6 Å². The normalized spacial score (nSPS) is 38.4. The largest absolute Gasteiger partial charge is 0.299 e. The first-order valence-corrected chi connectivity index (χ1v) is 9.30. The van der Waals surface area contributed by atoms with E-state index in [0.29, 0.717) is 11.7 Å². The van der Waals surface area contributed by atoms with Gasteiger partial charge in [0, 0.05) is 12.3 Å². The SMILES string of the molecule is CCCCCCCCC(=O)C1C2CC3CC(C2)CC1C3. The Labute approximate surface area is 124 Å². The van der Waals surface area contributed by atoms with Crippen molar-refractivity contribution in [3.8, 4) is 0 Å². The van der Waals surface area contributed by atoms with Gasteiger partial charge in [-0.25, -0.2) is 0 Å². The van der Waals surface area contributed by atoms with Gasteiger partial charge in [-0.15, -0.1) is 0 Å². The van der Waals surface area contributed by atoms with Gasteiger partial charge in [0.2, 0.25) is 0 Å². The molecule has 4 aliphatic rings. The Balaban J connectivity index is 1.41.